The van der Waals surface area contributed by atoms with Crippen LogP contribution in [-0.2, 0) is 17.6 Å². The van der Waals surface area contributed by atoms with Gasteiger partial charge in [-0.15, -0.1) is 0 Å². The second-order valence-corrected chi connectivity index (χ2v) is 5.53. The summed E-state index contributed by atoms with van der Waals surface area (Å²) in [4.78, 5) is 14.3. The number of carbonyl (C=O) groups excluding carboxylic acids is 1. The number of rotatable bonds is 3. The molecule has 0 radical (unpaired) electrons. The molecule has 0 spiro atoms. The van der Waals surface area contributed by atoms with E-state index in [1.165, 1.54) is 0 Å². The highest BCUT2D eigenvalue weighted by molar-refractivity contribution is 6.30. The Morgan fingerprint density at radius 1 is 1.24 bits per heavy atom. The largest absolute Gasteiger partial charge is 0.497 e. The van der Waals surface area contributed by atoms with Crippen LogP contribution in [-0.4, -0.2) is 19.6 Å². The third-order valence-corrected chi connectivity index (χ3v) is 3.99. The van der Waals surface area contributed by atoms with E-state index in [-0.39, 0.29) is 5.91 Å². The van der Waals surface area contributed by atoms with Crippen LogP contribution in [0.1, 0.15) is 11.1 Å². The van der Waals surface area contributed by atoms with Crippen LogP contribution in [0.2, 0.25) is 5.02 Å². The lowest BCUT2D eigenvalue weighted by Crippen LogP contribution is -2.30. The molecule has 0 saturated carbocycles. The number of ether oxygens (including phenoxy) is 1. The Bertz CT molecular complexity index is 667. The molecule has 0 bridgehead atoms. The normalized spacial score (nSPS) is 13.1. The minimum atomic E-state index is 0.112. The van der Waals surface area contributed by atoms with Gasteiger partial charge in [0.05, 0.1) is 13.5 Å². The lowest BCUT2D eigenvalue weighted by atomic mass is 10.1. The number of nitrogens with zero attached hydrogens (tertiary/aromatic N) is 1. The summed E-state index contributed by atoms with van der Waals surface area (Å²) < 4.78 is 5.12. The molecular weight excluding hydrogens is 286 g/mol. The number of hydrogen-bond acceptors (Lipinski definition) is 2. The summed E-state index contributed by atoms with van der Waals surface area (Å²) >= 11 is 5.99. The number of anilines is 1. The van der Waals surface area contributed by atoms with Gasteiger partial charge < -0.3 is 9.64 Å². The Kier molecular flexibility index (Phi) is 3.84. The zero-order valence-electron chi connectivity index (χ0n) is 11.8. The maximum Gasteiger partial charge on any atom is 0.231 e. The van der Waals surface area contributed by atoms with Gasteiger partial charge in [-0.25, -0.2) is 0 Å². The number of halogens is 1. The molecule has 3 nitrogen and oxygen atoms in total. The van der Waals surface area contributed by atoms with Crippen LogP contribution in [0.25, 0.3) is 0 Å². The van der Waals surface area contributed by atoms with Crippen molar-refractivity contribution in [2.24, 2.45) is 0 Å². The fraction of sp³-hybridized carbons (Fsp3) is 0.235. The number of fused-ring (bicyclic) bond motifs is 1. The van der Waals surface area contributed by atoms with E-state index in [0.717, 1.165) is 40.6 Å². The predicted octanol–water partition coefficient (Wildman–Crippen LogP) is 3.48. The summed E-state index contributed by atoms with van der Waals surface area (Å²) in [6, 6.07) is 13.3. The van der Waals surface area contributed by atoms with Gasteiger partial charge in [0.1, 0.15) is 5.75 Å². The molecule has 3 rings (SSSR count). The van der Waals surface area contributed by atoms with Crippen molar-refractivity contribution >= 4 is 23.2 Å². The van der Waals surface area contributed by atoms with Crippen LogP contribution >= 0.6 is 11.6 Å². The fourth-order valence-electron chi connectivity index (χ4n) is 2.64. The van der Waals surface area contributed by atoms with Crippen molar-refractivity contribution in [1.29, 1.82) is 0 Å². The summed E-state index contributed by atoms with van der Waals surface area (Å²) in [6.07, 6.45) is 1.26. The van der Waals surface area contributed by atoms with Crippen molar-refractivity contribution in [2.75, 3.05) is 18.6 Å². The van der Waals surface area contributed by atoms with E-state index in [0.29, 0.717) is 6.42 Å². The molecule has 4 heteroatoms. The van der Waals surface area contributed by atoms with Gasteiger partial charge in [-0.05, 0) is 47.9 Å². The average Bonchev–Trinajstić information content (AvgIpc) is 2.91. The number of hydrogen-bond donors (Lipinski definition) is 0. The second kappa shape index (κ2) is 5.78. The Morgan fingerprint density at radius 3 is 2.71 bits per heavy atom. The van der Waals surface area contributed by atoms with E-state index in [4.69, 9.17) is 16.3 Å². The topological polar surface area (TPSA) is 29.5 Å². The van der Waals surface area contributed by atoms with Gasteiger partial charge in [-0.1, -0.05) is 23.7 Å². The first kappa shape index (κ1) is 14.0. The third-order valence-electron chi connectivity index (χ3n) is 3.75. The average molecular weight is 302 g/mol. The van der Waals surface area contributed by atoms with Crippen molar-refractivity contribution in [3.63, 3.8) is 0 Å². The molecule has 0 saturated heterocycles. The van der Waals surface area contributed by atoms with E-state index < -0.39 is 0 Å². The van der Waals surface area contributed by atoms with E-state index >= 15 is 0 Å². The molecule has 1 aliphatic rings. The Balaban J connectivity index is 1.75. The molecule has 0 aromatic heterocycles. The first-order chi connectivity index (χ1) is 10.2. The molecule has 2 aromatic rings. The predicted molar refractivity (Wildman–Crippen MR) is 84.2 cm³/mol. The molecule has 21 heavy (non-hydrogen) atoms. The van der Waals surface area contributed by atoms with Crippen molar-refractivity contribution < 1.29 is 9.53 Å². The molecular formula is C17H16ClNO2. The highest BCUT2D eigenvalue weighted by Crippen LogP contribution is 2.30. The van der Waals surface area contributed by atoms with Crippen LogP contribution in [0.15, 0.2) is 42.5 Å². The molecule has 1 aliphatic heterocycles. The SMILES string of the molecule is COc1ccc(CC(=O)N2CCc3cc(Cl)ccc32)cc1. The molecule has 1 heterocycles. The summed E-state index contributed by atoms with van der Waals surface area (Å²) in [5.74, 6) is 0.911. The maximum absolute atomic E-state index is 12.5. The number of carbonyl (C=O) groups is 1. The first-order valence-electron chi connectivity index (χ1n) is 6.89. The number of methoxy groups -OCH3 is 1. The highest BCUT2D eigenvalue weighted by atomic mass is 35.5. The van der Waals surface area contributed by atoms with Gasteiger partial charge in [0, 0.05) is 17.3 Å². The molecule has 0 fully saturated rings. The van der Waals surface area contributed by atoms with Crippen molar-refractivity contribution in [2.45, 2.75) is 12.8 Å². The van der Waals surface area contributed by atoms with Gasteiger partial charge in [0.15, 0.2) is 0 Å². The fourth-order valence-corrected chi connectivity index (χ4v) is 2.84. The van der Waals surface area contributed by atoms with Crippen LogP contribution in [0.5, 0.6) is 5.75 Å². The Labute approximate surface area is 129 Å². The van der Waals surface area contributed by atoms with Crippen molar-refractivity contribution in [3.05, 3.63) is 58.6 Å². The monoisotopic (exact) mass is 301 g/mol. The molecule has 0 unspecified atom stereocenters. The smallest absolute Gasteiger partial charge is 0.231 e. The van der Waals surface area contributed by atoms with E-state index in [1.807, 2.05) is 47.4 Å². The number of amides is 1. The van der Waals surface area contributed by atoms with E-state index in [9.17, 15) is 4.79 Å². The summed E-state index contributed by atoms with van der Waals surface area (Å²) in [6.45, 7) is 0.727. The highest BCUT2D eigenvalue weighted by Gasteiger charge is 2.24. The van der Waals surface area contributed by atoms with Gasteiger partial charge in [-0.2, -0.15) is 0 Å². The minimum Gasteiger partial charge on any atom is -0.497 e. The minimum absolute atomic E-state index is 0.112. The summed E-state index contributed by atoms with van der Waals surface area (Å²) in [5, 5.41) is 0.721. The number of benzene rings is 2. The molecule has 0 N–H and O–H groups in total. The van der Waals surface area contributed by atoms with Crippen molar-refractivity contribution in [3.8, 4) is 5.75 Å². The van der Waals surface area contributed by atoms with Crippen molar-refractivity contribution in [1.82, 2.24) is 0 Å². The lowest BCUT2D eigenvalue weighted by Gasteiger charge is -2.17. The summed E-state index contributed by atoms with van der Waals surface area (Å²) in [7, 11) is 1.63. The second-order valence-electron chi connectivity index (χ2n) is 5.09. The van der Waals surface area contributed by atoms with Crippen LogP contribution < -0.4 is 9.64 Å². The third kappa shape index (κ3) is 2.88. The van der Waals surface area contributed by atoms with Gasteiger partial charge in [-0.3, -0.25) is 4.79 Å². The van der Waals surface area contributed by atoms with Gasteiger partial charge in [0.2, 0.25) is 5.91 Å². The molecule has 108 valence electrons. The Hall–Kier alpha value is -2.00. The van der Waals surface area contributed by atoms with Crippen LogP contribution in [0.4, 0.5) is 5.69 Å². The van der Waals surface area contributed by atoms with Crippen LogP contribution in [0.3, 0.4) is 0 Å². The molecule has 2 aromatic carbocycles. The molecule has 0 atom stereocenters. The first-order valence-corrected chi connectivity index (χ1v) is 7.27. The van der Waals surface area contributed by atoms with E-state index in [2.05, 4.69) is 0 Å². The van der Waals surface area contributed by atoms with Gasteiger partial charge >= 0.3 is 0 Å². The quantitative estimate of drug-likeness (QED) is 0.868. The standard InChI is InChI=1S/C17H16ClNO2/c1-21-15-5-2-12(3-6-15)10-17(20)19-9-8-13-11-14(18)4-7-16(13)19/h2-7,11H,8-10H2,1H3. The molecule has 0 aliphatic carbocycles. The van der Waals surface area contributed by atoms with E-state index in [1.54, 1.807) is 7.11 Å². The zero-order chi connectivity index (χ0) is 14.8. The maximum atomic E-state index is 12.5. The molecule has 1 amide bonds. The zero-order valence-corrected chi connectivity index (χ0v) is 12.6. The van der Waals surface area contributed by atoms with Gasteiger partial charge in [0.25, 0.3) is 0 Å². The Morgan fingerprint density at radius 2 is 2.00 bits per heavy atom. The lowest BCUT2D eigenvalue weighted by molar-refractivity contribution is -0.117. The van der Waals surface area contributed by atoms with Crippen LogP contribution in [0, 0.1) is 0 Å². The summed E-state index contributed by atoms with van der Waals surface area (Å²) in [5.41, 5.74) is 3.12.